The van der Waals surface area contributed by atoms with Gasteiger partial charge in [-0.3, -0.25) is 14.5 Å². The van der Waals surface area contributed by atoms with Crippen molar-refractivity contribution in [2.75, 3.05) is 19.6 Å². The summed E-state index contributed by atoms with van der Waals surface area (Å²) < 4.78 is 0. The molecule has 22 heavy (non-hydrogen) atoms. The number of amides is 2. The van der Waals surface area contributed by atoms with Crippen molar-refractivity contribution in [2.24, 2.45) is 0 Å². The van der Waals surface area contributed by atoms with Crippen molar-refractivity contribution >= 4 is 29.8 Å². The lowest BCUT2D eigenvalue weighted by Crippen LogP contribution is -2.51. The first-order valence-corrected chi connectivity index (χ1v) is 7.15. The Bertz CT molecular complexity index is 595. The Morgan fingerprint density at radius 2 is 1.77 bits per heavy atom. The summed E-state index contributed by atoms with van der Waals surface area (Å²) in [5, 5.41) is 13.7. The molecule has 2 amide bonds. The van der Waals surface area contributed by atoms with Gasteiger partial charge in [0.15, 0.2) is 0 Å². The van der Waals surface area contributed by atoms with Crippen LogP contribution in [-0.2, 0) is 9.59 Å². The first kappa shape index (κ1) is 16.7. The van der Waals surface area contributed by atoms with Crippen LogP contribution in [0.4, 0.5) is 0 Å². The van der Waals surface area contributed by atoms with E-state index in [0.29, 0.717) is 31.5 Å². The summed E-state index contributed by atoms with van der Waals surface area (Å²) in [5.74, 6) is -0.663. The summed E-state index contributed by atoms with van der Waals surface area (Å²) in [6.45, 7) is 1.47. The molecule has 2 aliphatic rings. The number of β-amino-alcohol motifs (C(OH)–C–C–N with tert-alkyl or cyclic N) is 1. The molecule has 0 bridgehead atoms. The van der Waals surface area contributed by atoms with Crippen LogP contribution in [-0.4, -0.2) is 47.1 Å². The van der Waals surface area contributed by atoms with Crippen LogP contribution < -0.4 is 5.32 Å². The molecule has 0 atom stereocenters. The quantitative estimate of drug-likeness (QED) is 0.814. The fraction of sp³-hybridized carbons (Fsp3) is 0.375. The number of hydrogen-bond acceptors (Lipinski definition) is 4. The van der Waals surface area contributed by atoms with Crippen molar-refractivity contribution in [1.29, 1.82) is 0 Å². The van der Waals surface area contributed by atoms with E-state index in [1.807, 2.05) is 18.2 Å². The summed E-state index contributed by atoms with van der Waals surface area (Å²) in [7, 11) is 0. The molecule has 118 valence electrons. The maximum Gasteiger partial charge on any atom is 0.261 e. The zero-order chi connectivity index (χ0) is 14.9. The predicted octanol–water partition coefficient (Wildman–Crippen LogP) is 0.975. The largest absolute Gasteiger partial charge is 0.388 e. The monoisotopic (exact) mass is 322 g/mol. The van der Waals surface area contributed by atoms with Crippen LogP contribution in [0, 0.1) is 0 Å². The minimum Gasteiger partial charge on any atom is -0.388 e. The number of halogens is 1. The van der Waals surface area contributed by atoms with Gasteiger partial charge in [-0.2, -0.15) is 0 Å². The number of hydrogen-bond donors (Lipinski definition) is 2. The lowest BCUT2D eigenvalue weighted by molar-refractivity contribution is -0.141. The van der Waals surface area contributed by atoms with Crippen molar-refractivity contribution in [3.05, 3.63) is 42.0 Å². The number of rotatable bonds is 3. The van der Waals surface area contributed by atoms with Gasteiger partial charge in [-0.05, 0) is 31.5 Å². The van der Waals surface area contributed by atoms with Gasteiger partial charge in [0, 0.05) is 6.08 Å². The second kappa shape index (κ2) is 6.60. The van der Waals surface area contributed by atoms with E-state index >= 15 is 0 Å². The molecule has 2 N–H and O–H groups in total. The molecule has 1 aromatic rings. The summed E-state index contributed by atoms with van der Waals surface area (Å²) >= 11 is 0. The predicted molar refractivity (Wildman–Crippen MR) is 85.4 cm³/mol. The normalized spacial score (nSPS) is 20.6. The summed E-state index contributed by atoms with van der Waals surface area (Å²) in [6.07, 6.45) is 2.46. The summed E-state index contributed by atoms with van der Waals surface area (Å²) in [6, 6.07) is 9.13. The third kappa shape index (κ3) is 3.21. The Kier molecular flexibility index (Phi) is 5.01. The highest BCUT2D eigenvalue weighted by molar-refractivity contribution is 6.33. The third-order valence-corrected chi connectivity index (χ3v) is 4.08. The summed E-state index contributed by atoms with van der Waals surface area (Å²) in [5.41, 5.74) is 0.157. The first-order chi connectivity index (χ1) is 10.1. The van der Waals surface area contributed by atoms with Gasteiger partial charge in [-0.15, -0.1) is 12.4 Å². The van der Waals surface area contributed by atoms with Crippen molar-refractivity contribution in [3.63, 3.8) is 0 Å². The van der Waals surface area contributed by atoms with Crippen LogP contribution >= 0.6 is 12.4 Å². The molecule has 1 saturated heterocycles. The molecule has 5 nitrogen and oxygen atoms in total. The van der Waals surface area contributed by atoms with Gasteiger partial charge < -0.3 is 10.4 Å². The van der Waals surface area contributed by atoms with Gasteiger partial charge in [0.25, 0.3) is 11.8 Å². The fourth-order valence-electron chi connectivity index (χ4n) is 2.83. The zero-order valence-corrected chi connectivity index (χ0v) is 12.9. The number of aliphatic hydroxyl groups is 1. The minimum absolute atomic E-state index is 0. The van der Waals surface area contributed by atoms with Gasteiger partial charge in [-0.1, -0.05) is 30.3 Å². The second-order valence-electron chi connectivity index (χ2n) is 5.63. The average Bonchev–Trinajstić information content (AvgIpc) is 2.77. The Balaban J connectivity index is 0.00000176. The number of benzene rings is 1. The second-order valence-corrected chi connectivity index (χ2v) is 5.63. The van der Waals surface area contributed by atoms with E-state index in [-0.39, 0.29) is 30.8 Å². The molecule has 0 aromatic heterocycles. The van der Waals surface area contributed by atoms with E-state index in [4.69, 9.17) is 0 Å². The van der Waals surface area contributed by atoms with Crippen molar-refractivity contribution in [1.82, 2.24) is 10.2 Å². The highest BCUT2D eigenvalue weighted by atomic mass is 35.5. The molecule has 0 aliphatic carbocycles. The number of imide groups is 1. The maximum atomic E-state index is 12.4. The number of piperidine rings is 1. The Hall–Kier alpha value is -1.69. The Morgan fingerprint density at radius 1 is 1.14 bits per heavy atom. The fourth-order valence-corrected chi connectivity index (χ4v) is 2.83. The molecular formula is C16H19ClN2O3. The SMILES string of the molecule is Cl.O=C1C=C(c2ccccc2)C(=O)N1CC1(O)CCNCC1. The molecule has 0 radical (unpaired) electrons. The van der Waals surface area contributed by atoms with E-state index < -0.39 is 5.60 Å². The van der Waals surface area contributed by atoms with E-state index in [1.165, 1.54) is 6.08 Å². The molecule has 1 aromatic carbocycles. The maximum absolute atomic E-state index is 12.4. The van der Waals surface area contributed by atoms with E-state index in [0.717, 1.165) is 10.5 Å². The summed E-state index contributed by atoms with van der Waals surface area (Å²) in [4.78, 5) is 25.7. The molecule has 1 fully saturated rings. The Labute approximate surface area is 135 Å². The number of nitrogens with zero attached hydrogens (tertiary/aromatic N) is 1. The minimum atomic E-state index is -0.976. The van der Waals surface area contributed by atoms with Crippen LogP contribution in [0.1, 0.15) is 18.4 Å². The molecule has 6 heteroatoms. The van der Waals surface area contributed by atoms with Crippen molar-refractivity contribution < 1.29 is 14.7 Å². The van der Waals surface area contributed by atoms with Crippen molar-refractivity contribution in [2.45, 2.75) is 18.4 Å². The molecule has 2 heterocycles. The van der Waals surface area contributed by atoms with Crippen LogP contribution in [0.25, 0.3) is 5.57 Å². The first-order valence-electron chi connectivity index (χ1n) is 7.15. The smallest absolute Gasteiger partial charge is 0.261 e. The van der Waals surface area contributed by atoms with Gasteiger partial charge in [0.2, 0.25) is 0 Å². The van der Waals surface area contributed by atoms with Crippen LogP contribution in [0.15, 0.2) is 36.4 Å². The molecule has 0 saturated carbocycles. The van der Waals surface area contributed by atoms with Gasteiger partial charge in [0.1, 0.15) is 0 Å². The molecule has 0 unspecified atom stereocenters. The number of carbonyl (C=O) groups is 2. The van der Waals surface area contributed by atoms with Crippen LogP contribution in [0.3, 0.4) is 0 Å². The van der Waals surface area contributed by atoms with Gasteiger partial charge >= 0.3 is 0 Å². The van der Waals surface area contributed by atoms with E-state index in [9.17, 15) is 14.7 Å². The third-order valence-electron chi connectivity index (χ3n) is 4.08. The van der Waals surface area contributed by atoms with Gasteiger partial charge in [0.05, 0.1) is 17.7 Å². The average molecular weight is 323 g/mol. The highest BCUT2D eigenvalue weighted by Crippen LogP contribution is 2.27. The van der Waals surface area contributed by atoms with Gasteiger partial charge in [-0.25, -0.2) is 0 Å². The topological polar surface area (TPSA) is 69.6 Å². The lowest BCUT2D eigenvalue weighted by Gasteiger charge is -2.35. The molecule has 0 spiro atoms. The molecule has 2 aliphatic heterocycles. The standard InChI is InChI=1S/C16H18N2O3.ClH/c19-14-10-13(12-4-2-1-3-5-12)15(20)18(14)11-16(21)6-8-17-9-7-16;/h1-5,10,17,21H,6-9,11H2;1H. The number of carbonyl (C=O) groups excluding carboxylic acids is 2. The van der Waals surface area contributed by atoms with E-state index in [2.05, 4.69) is 5.32 Å². The zero-order valence-electron chi connectivity index (χ0n) is 12.1. The van der Waals surface area contributed by atoms with Crippen LogP contribution in [0.2, 0.25) is 0 Å². The Morgan fingerprint density at radius 3 is 2.41 bits per heavy atom. The molecular weight excluding hydrogens is 304 g/mol. The van der Waals surface area contributed by atoms with Crippen LogP contribution in [0.5, 0.6) is 0 Å². The number of nitrogens with one attached hydrogen (secondary N) is 1. The van der Waals surface area contributed by atoms with Crippen molar-refractivity contribution in [3.8, 4) is 0 Å². The molecule has 3 rings (SSSR count). The lowest BCUT2D eigenvalue weighted by atomic mass is 9.92. The highest BCUT2D eigenvalue weighted by Gasteiger charge is 2.39. The van der Waals surface area contributed by atoms with E-state index in [1.54, 1.807) is 12.1 Å².